The van der Waals surface area contributed by atoms with Gasteiger partial charge in [0.2, 0.25) is 5.91 Å². The molecule has 0 radical (unpaired) electrons. The first-order valence-electron chi connectivity index (χ1n) is 11.8. The van der Waals surface area contributed by atoms with Gasteiger partial charge in [0.15, 0.2) is 11.4 Å². The number of ketones is 1. The Hall–Kier alpha value is -1.60. The van der Waals surface area contributed by atoms with E-state index >= 15 is 0 Å². The molecule has 196 valence electrons. The average molecular weight is 572 g/mol. The molecule has 1 aromatic carbocycles. The molecular weight excluding hydrogens is 539 g/mol. The summed E-state index contributed by atoms with van der Waals surface area (Å²) in [4.78, 5) is 32.8. The first-order chi connectivity index (χ1) is 16.5. The highest BCUT2D eigenvalue weighted by atomic mass is 35.5. The lowest BCUT2D eigenvalue weighted by molar-refractivity contribution is -0.121. The first kappa shape index (κ1) is 29.0. The molecule has 0 unspecified atom stereocenters. The van der Waals surface area contributed by atoms with E-state index in [1.54, 1.807) is 12.1 Å². The van der Waals surface area contributed by atoms with Crippen molar-refractivity contribution in [3.05, 3.63) is 54.1 Å². The Kier molecular flexibility index (Phi) is 8.56. The number of rotatable bonds is 7. The molecular formula is C27H33Cl3N2O3S. The van der Waals surface area contributed by atoms with Crippen molar-refractivity contribution in [2.24, 2.45) is 16.0 Å². The quantitative estimate of drug-likeness (QED) is 0.269. The van der Waals surface area contributed by atoms with Gasteiger partial charge in [-0.15, -0.1) is 11.3 Å². The number of hydrogen-bond acceptors (Lipinski definition) is 5. The molecule has 0 saturated carbocycles. The third-order valence-electron chi connectivity index (χ3n) is 6.24. The van der Waals surface area contributed by atoms with Gasteiger partial charge in [-0.05, 0) is 36.1 Å². The van der Waals surface area contributed by atoms with E-state index < -0.39 is 5.60 Å². The fraction of sp³-hybridized carbons (Fsp3) is 0.519. The Balaban J connectivity index is 1.78. The Morgan fingerprint density at radius 3 is 2.22 bits per heavy atom. The minimum absolute atomic E-state index is 0.00601. The van der Waals surface area contributed by atoms with E-state index in [-0.39, 0.29) is 35.4 Å². The number of nitrogens with zero attached hydrogens (tertiary/aromatic N) is 1. The average Bonchev–Trinajstić information content (AvgIpc) is 3.38. The van der Waals surface area contributed by atoms with Crippen molar-refractivity contribution >= 4 is 63.5 Å². The number of benzene rings is 1. The third kappa shape index (κ3) is 6.27. The summed E-state index contributed by atoms with van der Waals surface area (Å²) in [6.07, 6.45) is 0.803. The molecule has 0 saturated heterocycles. The number of hydrogen-bond donors (Lipinski definition) is 1. The van der Waals surface area contributed by atoms with Gasteiger partial charge in [-0.1, -0.05) is 81.5 Å². The van der Waals surface area contributed by atoms with Crippen LogP contribution in [0.1, 0.15) is 86.5 Å². The molecule has 3 rings (SSSR count). The fourth-order valence-electron chi connectivity index (χ4n) is 4.04. The van der Waals surface area contributed by atoms with Crippen molar-refractivity contribution in [1.29, 1.82) is 0 Å². The maximum Gasteiger partial charge on any atom is 0.220 e. The fourth-order valence-corrected chi connectivity index (χ4v) is 5.75. The molecule has 1 aliphatic heterocycles. The number of aryl methyl sites for hydroxylation is 1. The Labute approximate surface area is 232 Å². The minimum atomic E-state index is -0.812. The van der Waals surface area contributed by atoms with Crippen molar-refractivity contribution in [3.63, 3.8) is 0 Å². The molecule has 0 spiro atoms. The van der Waals surface area contributed by atoms with Gasteiger partial charge in [0.25, 0.3) is 0 Å². The normalized spacial score (nSPS) is 18.1. The summed E-state index contributed by atoms with van der Waals surface area (Å²) >= 11 is 20.3. The van der Waals surface area contributed by atoms with Crippen molar-refractivity contribution in [2.45, 2.75) is 73.3 Å². The second-order valence-electron chi connectivity index (χ2n) is 11.5. The van der Waals surface area contributed by atoms with E-state index in [1.807, 2.05) is 13.0 Å². The van der Waals surface area contributed by atoms with Crippen LogP contribution < -0.4 is 5.32 Å². The molecule has 1 N–H and O–H groups in total. The summed E-state index contributed by atoms with van der Waals surface area (Å²) in [6, 6.07) is 5.51. The van der Waals surface area contributed by atoms with Crippen LogP contribution in [-0.2, 0) is 15.2 Å². The van der Waals surface area contributed by atoms with E-state index in [0.717, 1.165) is 21.7 Å². The molecule has 0 aliphatic carbocycles. The highest BCUT2D eigenvalue weighted by Gasteiger charge is 2.51. The van der Waals surface area contributed by atoms with E-state index in [9.17, 15) is 9.59 Å². The highest BCUT2D eigenvalue weighted by Crippen LogP contribution is 2.51. The number of carbonyl (C=O) groups excluding carboxylic acids is 2. The van der Waals surface area contributed by atoms with Crippen molar-refractivity contribution in [2.75, 3.05) is 6.54 Å². The smallest absolute Gasteiger partial charge is 0.220 e. The van der Waals surface area contributed by atoms with Gasteiger partial charge in [-0.2, -0.15) is 0 Å². The molecule has 1 aliphatic rings. The van der Waals surface area contributed by atoms with Crippen LogP contribution in [0.3, 0.4) is 0 Å². The van der Waals surface area contributed by atoms with Gasteiger partial charge in [0.1, 0.15) is 5.71 Å². The Morgan fingerprint density at radius 1 is 1.06 bits per heavy atom. The molecule has 2 aromatic rings. The lowest BCUT2D eigenvalue weighted by Gasteiger charge is -2.39. The van der Waals surface area contributed by atoms with Crippen LogP contribution in [0.25, 0.3) is 0 Å². The predicted octanol–water partition coefficient (Wildman–Crippen LogP) is 8.21. The van der Waals surface area contributed by atoms with Crippen LogP contribution in [0.5, 0.6) is 0 Å². The zero-order valence-corrected chi connectivity index (χ0v) is 24.9. The number of halogens is 3. The van der Waals surface area contributed by atoms with Crippen LogP contribution in [0, 0.1) is 17.8 Å². The molecule has 1 amide bonds. The monoisotopic (exact) mass is 570 g/mol. The van der Waals surface area contributed by atoms with Gasteiger partial charge in [0.05, 0.1) is 24.8 Å². The summed E-state index contributed by atoms with van der Waals surface area (Å²) in [5.41, 5.74) is 1.23. The largest absolute Gasteiger partial charge is 0.383 e. The van der Waals surface area contributed by atoms with E-state index in [0.29, 0.717) is 32.9 Å². The summed E-state index contributed by atoms with van der Waals surface area (Å²) in [5, 5.41) is 8.35. The zero-order valence-electron chi connectivity index (χ0n) is 21.8. The van der Waals surface area contributed by atoms with Gasteiger partial charge in [-0.3, -0.25) is 9.59 Å². The predicted molar refractivity (Wildman–Crippen MR) is 150 cm³/mol. The van der Waals surface area contributed by atoms with Gasteiger partial charge < -0.3 is 10.2 Å². The first-order valence-corrected chi connectivity index (χ1v) is 13.8. The number of nitrogens with one attached hydrogen (secondary N) is 1. The van der Waals surface area contributed by atoms with E-state index in [1.165, 1.54) is 11.3 Å². The third-order valence-corrected chi connectivity index (χ3v) is 8.76. The van der Waals surface area contributed by atoms with Crippen LogP contribution in [-0.4, -0.2) is 23.9 Å². The topological polar surface area (TPSA) is 67.8 Å². The molecule has 1 aromatic heterocycles. The Bertz CT molecular complexity index is 1180. The number of carbonyl (C=O) groups is 2. The standard InChI is InChI=1S/C27H33Cl3N2O3S/c1-15-10-21(36-24(15)20(33)8-9-22(34)31-14-25(2,3)4)19-13-27(35-32-19,26(5,6)7)16-11-17(28)23(30)18(29)12-16/h10-12H,8-9,13-14H2,1-7H3,(H,31,34)/t27-/m0/s1. The zero-order chi connectivity index (χ0) is 27.1. The lowest BCUT2D eigenvalue weighted by Crippen LogP contribution is -2.40. The molecule has 1 atom stereocenters. The van der Waals surface area contributed by atoms with Gasteiger partial charge in [-0.25, -0.2) is 0 Å². The summed E-state index contributed by atoms with van der Waals surface area (Å²) in [7, 11) is 0. The van der Waals surface area contributed by atoms with Crippen molar-refractivity contribution in [1.82, 2.24) is 5.32 Å². The summed E-state index contributed by atoms with van der Waals surface area (Å²) < 4.78 is 0. The van der Waals surface area contributed by atoms with Crippen molar-refractivity contribution < 1.29 is 14.4 Å². The van der Waals surface area contributed by atoms with Crippen LogP contribution in [0.2, 0.25) is 15.1 Å². The molecule has 9 heteroatoms. The SMILES string of the molecule is Cc1cc(C2=NO[C@@](c3cc(Cl)c(Cl)c(Cl)c3)(C(C)(C)C)C2)sc1C(=O)CCC(=O)NCC(C)(C)C. The second-order valence-corrected chi connectivity index (χ2v) is 13.8. The maximum atomic E-state index is 12.9. The number of amides is 1. The number of thiophene rings is 1. The number of oxime groups is 1. The van der Waals surface area contributed by atoms with Crippen LogP contribution >= 0.6 is 46.1 Å². The molecule has 5 nitrogen and oxygen atoms in total. The van der Waals surface area contributed by atoms with Crippen LogP contribution in [0.15, 0.2) is 23.4 Å². The highest BCUT2D eigenvalue weighted by molar-refractivity contribution is 7.16. The van der Waals surface area contributed by atoms with E-state index in [4.69, 9.17) is 39.6 Å². The van der Waals surface area contributed by atoms with Gasteiger partial charge in [0, 0.05) is 36.8 Å². The molecule has 36 heavy (non-hydrogen) atoms. The van der Waals surface area contributed by atoms with Gasteiger partial charge >= 0.3 is 0 Å². The molecule has 0 fully saturated rings. The molecule has 2 heterocycles. The number of Topliss-reactive ketones (excluding diaryl/α,β-unsaturated/α-hetero) is 1. The minimum Gasteiger partial charge on any atom is -0.383 e. The Morgan fingerprint density at radius 2 is 1.67 bits per heavy atom. The molecule has 0 bridgehead atoms. The summed E-state index contributed by atoms with van der Waals surface area (Å²) in [6.45, 7) is 14.8. The maximum absolute atomic E-state index is 12.9. The lowest BCUT2D eigenvalue weighted by atomic mass is 9.69. The summed E-state index contributed by atoms with van der Waals surface area (Å²) in [5.74, 6) is -0.163. The van der Waals surface area contributed by atoms with Crippen LogP contribution in [0.4, 0.5) is 0 Å². The second kappa shape index (κ2) is 10.6. The van der Waals surface area contributed by atoms with E-state index in [2.05, 4.69) is 52.0 Å². The van der Waals surface area contributed by atoms with Crippen molar-refractivity contribution in [3.8, 4) is 0 Å².